The molecule has 2 aromatic rings. The number of halogens is 1. The normalized spacial score (nSPS) is 15.5. The Morgan fingerprint density at radius 2 is 2.05 bits per heavy atom. The van der Waals surface area contributed by atoms with Gasteiger partial charge in [-0.2, -0.15) is 0 Å². The molecule has 1 aromatic heterocycles. The lowest BCUT2D eigenvalue weighted by molar-refractivity contribution is -0.0167. The Kier molecular flexibility index (Phi) is 4.13. The number of methoxy groups -OCH3 is 1. The second-order valence-corrected chi connectivity index (χ2v) is 5.97. The van der Waals surface area contributed by atoms with Crippen molar-refractivity contribution >= 4 is 11.0 Å². The van der Waals surface area contributed by atoms with E-state index in [1.54, 1.807) is 25.3 Å². The molecule has 0 fully saturated rings. The molecule has 5 heteroatoms. The van der Waals surface area contributed by atoms with Crippen LogP contribution in [0.1, 0.15) is 32.6 Å². The summed E-state index contributed by atoms with van der Waals surface area (Å²) in [4.78, 5) is 0. The Bertz CT molecular complexity index is 589. The van der Waals surface area contributed by atoms with Gasteiger partial charge < -0.3 is 9.15 Å². The van der Waals surface area contributed by atoms with E-state index < -0.39 is 0 Å². The molecule has 20 heavy (non-hydrogen) atoms. The number of para-hydroxylation sites is 1. The first-order chi connectivity index (χ1) is 9.38. The number of benzene rings is 1. The van der Waals surface area contributed by atoms with Gasteiger partial charge in [0.1, 0.15) is 11.8 Å². The van der Waals surface area contributed by atoms with Gasteiger partial charge in [-0.25, -0.2) is 9.82 Å². The molecule has 1 aromatic carbocycles. The second-order valence-electron chi connectivity index (χ2n) is 5.97. The minimum Gasteiger partial charge on any atom is -0.456 e. The lowest BCUT2D eigenvalue weighted by Gasteiger charge is -2.34. The molecule has 0 saturated carbocycles. The van der Waals surface area contributed by atoms with Crippen molar-refractivity contribution in [2.45, 2.75) is 32.9 Å². The fraction of sp³-hybridized carbons (Fsp3) is 0.467. The third kappa shape index (κ3) is 2.70. The van der Waals surface area contributed by atoms with Gasteiger partial charge in [-0.15, -0.1) is 0 Å². The number of nitrogens with two attached hydrogens (primary N) is 1. The molecule has 3 N–H and O–H groups in total. The molecule has 0 saturated heterocycles. The Morgan fingerprint density at radius 1 is 1.35 bits per heavy atom. The predicted octanol–water partition coefficient (Wildman–Crippen LogP) is 3.14. The Morgan fingerprint density at radius 3 is 2.55 bits per heavy atom. The van der Waals surface area contributed by atoms with Crippen LogP contribution < -0.4 is 11.3 Å². The Hall–Kier alpha value is -1.43. The summed E-state index contributed by atoms with van der Waals surface area (Å²) in [5.41, 5.74) is 2.81. The molecular weight excluding hydrogens is 259 g/mol. The summed E-state index contributed by atoms with van der Waals surface area (Å²) in [7, 11) is 1.63. The SMILES string of the molecule is COC(C(NN)c1cc2cccc(F)c2o1)C(C)(C)C. The number of rotatable bonds is 4. The average Bonchev–Trinajstić information content (AvgIpc) is 2.79. The fourth-order valence-corrected chi connectivity index (χ4v) is 2.51. The van der Waals surface area contributed by atoms with Crippen LogP contribution in [0.15, 0.2) is 28.7 Å². The molecule has 0 amide bonds. The first kappa shape index (κ1) is 15.0. The molecule has 2 atom stereocenters. The fourth-order valence-electron chi connectivity index (χ4n) is 2.51. The van der Waals surface area contributed by atoms with Crippen molar-refractivity contribution in [3.63, 3.8) is 0 Å². The molecule has 0 radical (unpaired) electrons. The standard InChI is InChI=1S/C15H21FN2O2/c1-15(2,3)14(19-4)12(18-17)11-8-9-6-5-7-10(16)13(9)20-11/h5-8,12,14,18H,17H2,1-4H3. The molecule has 1 heterocycles. The van der Waals surface area contributed by atoms with Crippen molar-refractivity contribution < 1.29 is 13.5 Å². The molecule has 0 aliphatic rings. The van der Waals surface area contributed by atoms with Crippen LogP contribution in [0.25, 0.3) is 11.0 Å². The average molecular weight is 280 g/mol. The summed E-state index contributed by atoms with van der Waals surface area (Å²) < 4.78 is 24.9. The second kappa shape index (κ2) is 5.52. The maximum Gasteiger partial charge on any atom is 0.169 e. The van der Waals surface area contributed by atoms with Crippen molar-refractivity contribution in [1.29, 1.82) is 0 Å². The summed E-state index contributed by atoms with van der Waals surface area (Å²) >= 11 is 0. The maximum atomic E-state index is 13.7. The monoisotopic (exact) mass is 280 g/mol. The topological polar surface area (TPSA) is 60.4 Å². The third-order valence-corrected chi connectivity index (χ3v) is 3.41. The van der Waals surface area contributed by atoms with E-state index >= 15 is 0 Å². The van der Waals surface area contributed by atoms with Crippen LogP contribution in [-0.4, -0.2) is 13.2 Å². The summed E-state index contributed by atoms with van der Waals surface area (Å²) in [6.45, 7) is 6.15. The van der Waals surface area contributed by atoms with Crippen molar-refractivity contribution in [2.75, 3.05) is 7.11 Å². The molecule has 0 bridgehead atoms. The zero-order chi connectivity index (χ0) is 14.9. The molecule has 4 nitrogen and oxygen atoms in total. The van der Waals surface area contributed by atoms with Gasteiger partial charge in [-0.05, 0) is 17.5 Å². The molecule has 110 valence electrons. The highest BCUT2D eigenvalue weighted by molar-refractivity contribution is 5.78. The predicted molar refractivity (Wildman–Crippen MR) is 76.5 cm³/mol. The number of furan rings is 1. The van der Waals surface area contributed by atoms with Gasteiger partial charge in [-0.3, -0.25) is 5.84 Å². The van der Waals surface area contributed by atoms with Crippen molar-refractivity contribution in [1.82, 2.24) is 5.43 Å². The first-order valence-electron chi connectivity index (χ1n) is 6.55. The van der Waals surface area contributed by atoms with Gasteiger partial charge in [-0.1, -0.05) is 32.9 Å². The molecular formula is C15H21FN2O2. The van der Waals surface area contributed by atoms with Crippen molar-refractivity contribution in [3.05, 3.63) is 35.8 Å². The van der Waals surface area contributed by atoms with Gasteiger partial charge in [0.15, 0.2) is 11.4 Å². The van der Waals surface area contributed by atoms with E-state index in [0.717, 1.165) is 0 Å². The van der Waals surface area contributed by atoms with E-state index in [9.17, 15) is 4.39 Å². The number of ether oxygens (including phenoxy) is 1. The summed E-state index contributed by atoms with van der Waals surface area (Å²) in [5, 5.41) is 0.712. The number of hydrazine groups is 1. The van der Waals surface area contributed by atoms with Gasteiger partial charge in [0.25, 0.3) is 0 Å². The van der Waals surface area contributed by atoms with E-state index in [-0.39, 0.29) is 29.0 Å². The summed E-state index contributed by atoms with van der Waals surface area (Å²) in [6.07, 6.45) is -0.212. The lowest BCUT2D eigenvalue weighted by atomic mass is 9.84. The number of hydrogen-bond acceptors (Lipinski definition) is 4. The van der Waals surface area contributed by atoms with Crippen LogP contribution in [-0.2, 0) is 4.74 Å². The van der Waals surface area contributed by atoms with Crippen LogP contribution in [0.2, 0.25) is 0 Å². The minimum absolute atomic E-state index is 0.149. The Labute approximate surface area is 118 Å². The number of fused-ring (bicyclic) bond motifs is 1. The highest BCUT2D eigenvalue weighted by Gasteiger charge is 2.35. The molecule has 2 rings (SSSR count). The summed E-state index contributed by atoms with van der Waals surface area (Å²) in [6, 6.07) is 6.27. The zero-order valence-corrected chi connectivity index (χ0v) is 12.2. The third-order valence-electron chi connectivity index (χ3n) is 3.41. The molecule has 0 aliphatic heterocycles. The lowest BCUT2D eigenvalue weighted by Crippen LogP contribution is -2.44. The van der Waals surface area contributed by atoms with Crippen LogP contribution >= 0.6 is 0 Å². The van der Waals surface area contributed by atoms with Crippen LogP contribution in [0, 0.1) is 11.2 Å². The molecule has 2 unspecified atom stereocenters. The van der Waals surface area contributed by atoms with Gasteiger partial charge in [0.2, 0.25) is 0 Å². The summed E-state index contributed by atoms with van der Waals surface area (Å²) in [5.74, 6) is 5.84. The Balaban J connectivity index is 2.46. The van der Waals surface area contributed by atoms with Crippen LogP contribution in [0.3, 0.4) is 0 Å². The van der Waals surface area contributed by atoms with E-state index in [1.807, 2.05) is 0 Å². The van der Waals surface area contributed by atoms with Gasteiger partial charge in [0.05, 0.1) is 6.10 Å². The number of nitrogens with one attached hydrogen (secondary N) is 1. The van der Waals surface area contributed by atoms with Gasteiger partial charge >= 0.3 is 0 Å². The zero-order valence-electron chi connectivity index (χ0n) is 12.2. The highest BCUT2D eigenvalue weighted by Crippen LogP contribution is 2.34. The first-order valence-corrected chi connectivity index (χ1v) is 6.55. The van der Waals surface area contributed by atoms with E-state index in [1.165, 1.54) is 6.07 Å². The van der Waals surface area contributed by atoms with Crippen LogP contribution in [0.4, 0.5) is 4.39 Å². The largest absolute Gasteiger partial charge is 0.456 e. The van der Waals surface area contributed by atoms with E-state index in [2.05, 4.69) is 26.2 Å². The van der Waals surface area contributed by atoms with E-state index in [0.29, 0.717) is 11.1 Å². The molecule has 0 aliphatic carbocycles. The minimum atomic E-state index is -0.380. The van der Waals surface area contributed by atoms with E-state index in [4.69, 9.17) is 15.0 Å². The van der Waals surface area contributed by atoms with Crippen LogP contribution in [0.5, 0.6) is 0 Å². The van der Waals surface area contributed by atoms with Crippen molar-refractivity contribution in [2.24, 2.45) is 11.3 Å². The van der Waals surface area contributed by atoms with Gasteiger partial charge in [0, 0.05) is 12.5 Å². The quantitative estimate of drug-likeness (QED) is 0.667. The maximum absolute atomic E-state index is 13.7. The number of hydrogen-bond donors (Lipinski definition) is 2. The van der Waals surface area contributed by atoms with Crippen molar-refractivity contribution in [3.8, 4) is 0 Å². The smallest absolute Gasteiger partial charge is 0.169 e. The molecule has 0 spiro atoms. The highest BCUT2D eigenvalue weighted by atomic mass is 19.1.